The van der Waals surface area contributed by atoms with Crippen molar-refractivity contribution in [2.75, 3.05) is 47.0 Å². The topological polar surface area (TPSA) is 115 Å². The van der Waals surface area contributed by atoms with Crippen LogP contribution in [0, 0.1) is 6.92 Å². The van der Waals surface area contributed by atoms with Crippen LogP contribution >= 0.6 is 0 Å². The van der Waals surface area contributed by atoms with Crippen LogP contribution in [0.25, 0.3) is 0 Å². The van der Waals surface area contributed by atoms with Crippen LogP contribution in [0.2, 0.25) is 0 Å². The fourth-order valence-corrected chi connectivity index (χ4v) is 5.79. The van der Waals surface area contributed by atoms with E-state index in [1.807, 2.05) is 49.4 Å². The summed E-state index contributed by atoms with van der Waals surface area (Å²) in [5.41, 5.74) is 3.70. The molecule has 11 heteroatoms. The number of carbonyl (C=O) groups excluding carboxylic acids is 2. The van der Waals surface area contributed by atoms with E-state index in [1.54, 1.807) is 31.5 Å². The Kier molecular flexibility index (Phi) is 11.3. The molecule has 4 heterocycles. The lowest BCUT2D eigenvalue weighted by Crippen LogP contribution is -2.57. The van der Waals surface area contributed by atoms with Gasteiger partial charge in [-0.05, 0) is 61.6 Å². The van der Waals surface area contributed by atoms with E-state index in [9.17, 15) is 9.59 Å². The summed E-state index contributed by atoms with van der Waals surface area (Å²) < 4.78 is 23.5. The number of hydrogen-bond donors (Lipinski definition) is 1. The van der Waals surface area contributed by atoms with Crippen molar-refractivity contribution in [3.05, 3.63) is 77.4 Å². The Morgan fingerprint density at radius 3 is 2.73 bits per heavy atom. The van der Waals surface area contributed by atoms with Gasteiger partial charge < -0.3 is 29.2 Å². The summed E-state index contributed by atoms with van der Waals surface area (Å²) in [5.74, 6) is 1.54. The molecule has 0 unspecified atom stereocenters. The number of likely N-dealkylation sites (tertiary alicyclic amines) is 1. The predicted molar refractivity (Wildman–Crippen MR) is 168 cm³/mol. The maximum absolute atomic E-state index is 13.5. The number of ether oxygens (including phenoxy) is 4. The number of benzene rings is 2. The van der Waals surface area contributed by atoms with Crippen molar-refractivity contribution in [1.82, 2.24) is 25.1 Å². The van der Waals surface area contributed by atoms with Crippen LogP contribution in [0.15, 0.2) is 54.9 Å². The largest absolute Gasteiger partial charge is 0.493 e. The number of amides is 2. The highest BCUT2D eigenvalue weighted by atomic mass is 16.5. The number of aryl methyl sites for hydroxylation is 2. The monoisotopic (exact) mass is 617 g/mol. The van der Waals surface area contributed by atoms with Crippen LogP contribution in [-0.4, -0.2) is 90.7 Å². The van der Waals surface area contributed by atoms with Gasteiger partial charge in [0.25, 0.3) is 0 Å². The van der Waals surface area contributed by atoms with Crippen LogP contribution in [0.3, 0.4) is 0 Å². The van der Waals surface area contributed by atoms with Gasteiger partial charge in [0.05, 0.1) is 43.8 Å². The van der Waals surface area contributed by atoms with Crippen molar-refractivity contribution in [2.24, 2.45) is 0 Å². The number of methoxy groups -OCH3 is 2. The first-order valence-corrected chi connectivity index (χ1v) is 15.5. The molecule has 2 amide bonds. The van der Waals surface area contributed by atoms with Crippen molar-refractivity contribution >= 4 is 11.8 Å². The lowest BCUT2D eigenvalue weighted by molar-refractivity contribution is -0.137. The van der Waals surface area contributed by atoms with Gasteiger partial charge in [0.2, 0.25) is 11.8 Å². The SMILES string of the molecule is COCCCN1CC(=O)N[C@H]2CN(Cc3nccnc3C)CC[C@H]2OCc2cccc(c2)Oc2ccc(cc2OC)CCC1=O. The zero-order valence-corrected chi connectivity index (χ0v) is 26.4. The van der Waals surface area contributed by atoms with Crippen molar-refractivity contribution in [3.8, 4) is 17.2 Å². The molecule has 1 N–H and O–H groups in total. The van der Waals surface area contributed by atoms with E-state index < -0.39 is 0 Å². The Labute approximate surface area is 264 Å². The lowest BCUT2D eigenvalue weighted by Gasteiger charge is -2.39. The van der Waals surface area contributed by atoms with Gasteiger partial charge in [0, 0.05) is 58.7 Å². The summed E-state index contributed by atoms with van der Waals surface area (Å²) in [5, 5.41) is 3.21. The summed E-state index contributed by atoms with van der Waals surface area (Å²) in [6.45, 7) is 5.20. The number of carbonyl (C=O) groups is 2. The molecule has 0 radical (unpaired) electrons. The van der Waals surface area contributed by atoms with E-state index in [4.69, 9.17) is 18.9 Å². The first-order valence-electron chi connectivity index (χ1n) is 15.5. The number of rotatable bonds is 7. The molecule has 2 atom stereocenters. The highest BCUT2D eigenvalue weighted by Crippen LogP contribution is 2.33. The first kappa shape index (κ1) is 32.3. The fraction of sp³-hybridized carbons (Fsp3) is 0.471. The van der Waals surface area contributed by atoms with Gasteiger partial charge in [-0.25, -0.2) is 0 Å². The van der Waals surface area contributed by atoms with Gasteiger partial charge in [-0.2, -0.15) is 0 Å². The minimum Gasteiger partial charge on any atom is -0.493 e. The quantitative estimate of drug-likeness (QED) is 0.397. The van der Waals surface area contributed by atoms with Gasteiger partial charge in [-0.1, -0.05) is 18.2 Å². The molecule has 0 spiro atoms. The highest BCUT2D eigenvalue weighted by Gasteiger charge is 2.32. The Hall–Kier alpha value is -4.06. The van der Waals surface area contributed by atoms with Crippen LogP contribution in [0.4, 0.5) is 0 Å². The predicted octanol–water partition coefficient (Wildman–Crippen LogP) is 3.67. The number of hydrogen-bond acceptors (Lipinski definition) is 9. The maximum atomic E-state index is 13.5. The normalized spacial score (nSPS) is 19.9. The van der Waals surface area contributed by atoms with E-state index in [2.05, 4.69) is 20.2 Å². The Morgan fingerprint density at radius 1 is 1.04 bits per heavy atom. The Bertz CT molecular complexity index is 1450. The molecule has 4 bridgehead atoms. The average Bonchev–Trinajstić information content (AvgIpc) is 3.04. The lowest BCUT2D eigenvalue weighted by atomic mass is 10.0. The molecule has 3 aliphatic heterocycles. The van der Waals surface area contributed by atoms with Crippen LogP contribution in [-0.2, 0) is 38.6 Å². The zero-order valence-electron chi connectivity index (χ0n) is 26.4. The molecular weight excluding hydrogens is 574 g/mol. The summed E-state index contributed by atoms with van der Waals surface area (Å²) >= 11 is 0. The van der Waals surface area contributed by atoms with E-state index in [0.29, 0.717) is 62.9 Å². The van der Waals surface area contributed by atoms with Gasteiger partial charge in [0.15, 0.2) is 11.5 Å². The van der Waals surface area contributed by atoms with E-state index in [1.165, 1.54) is 0 Å². The Balaban J connectivity index is 1.39. The molecule has 2 aromatic carbocycles. The third-order valence-corrected chi connectivity index (χ3v) is 8.25. The van der Waals surface area contributed by atoms with Crippen molar-refractivity contribution < 1.29 is 28.5 Å². The number of fused-ring (bicyclic) bond motifs is 9. The third kappa shape index (κ3) is 9.00. The van der Waals surface area contributed by atoms with Gasteiger partial charge in [-0.15, -0.1) is 0 Å². The fourth-order valence-electron chi connectivity index (χ4n) is 5.79. The van der Waals surface area contributed by atoms with Crippen molar-refractivity contribution in [2.45, 2.75) is 57.9 Å². The molecule has 11 nitrogen and oxygen atoms in total. The molecule has 1 saturated heterocycles. The number of piperidine rings is 1. The molecule has 45 heavy (non-hydrogen) atoms. The molecule has 3 aliphatic rings. The molecule has 1 aromatic heterocycles. The van der Waals surface area contributed by atoms with Gasteiger partial charge in [0.1, 0.15) is 5.75 Å². The second-order valence-corrected chi connectivity index (χ2v) is 11.5. The maximum Gasteiger partial charge on any atom is 0.239 e. The first-order chi connectivity index (χ1) is 21.9. The molecule has 6 rings (SSSR count). The summed E-state index contributed by atoms with van der Waals surface area (Å²) in [6, 6.07) is 13.2. The molecule has 1 fully saturated rings. The average molecular weight is 618 g/mol. The third-order valence-electron chi connectivity index (χ3n) is 8.25. The molecule has 3 aromatic rings. The molecular formula is C34H43N5O6. The zero-order chi connectivity index (χ0) is 31.6. The Morgan fingerprint density at radius 2 is 1.91 bits per heavy atom. The number of aromatic nitrogens is 2. The van der Waals surface area contributed by atoms with Crippen LogP contribution in [0.1, 0.15) is 41.8 Å². The summed E-state index contributed by atoms with van der Waals surface area (Å²) in [7, 11) is 3.23. The summed E-state index contributed by atoms with van der Waals surface area (Å²) in [6.07, 6.45) is 5.29. The van der Waals surface area contributed by atoms with Crippen LogP contribution in [0.5, 0.6) is 17.2 Å². The van der Waals surface area contributed by atoms with Gasteiger partial charge in [-0.3, -0.25) is 24.5 Å². The second-order valence-electron chi connectivity index (χ2n) is 11.5. The second kappa shape index (κ2) is 15.8. The van der Waals surface area contributed by atoms with Crippen molar-refractivity contribution in [3.63, 3.8) is 0 Å². The molecule has 240 valence electrons. The highest BCUT2D eigenvalue weighted by molar-refractivity contribution is 5.85. The van der Waals surface area contributed by atoms with E-state index in [0.717, 1.165) is 35.5 Å². The smallest absolute Gasteiger partial charge is 0.239 e. The van der Waals surface area contributed by atoms with Crippen LogP contribution < -0.4 is 14.8 Å². The van der Waals surface area contributed by atoms with E-state index >= 15 is 0 Å². The minimum absolute atomic E-state index is 0.0345. The number of nitrogens with one attached hydrogen (secondary N) is 1. The van der Waals surface area contributed by atoms with Gasteiger partial charge >= 0.3 is 0 Å². The molecule has 0 aliphatic carbocycles. The molecule has 0 saturated carbocycles. The standard InChI is InChI=1S/C34H43N5O6/c1-24-28(36-14-13-35-24)20-38-16-12-30-29(21-38)37-33(40)22-39(15-5-17-42-2)34(41)11-9-25-8-10-31(32(19-25)43-3)45-27-7-4-6-26(18-27)23-44-30/h4,6-8,10,13-14,18-19,29-30H,5,9,11-12,15-17,20-23H2,1-3H3,(H,37,40)/t29-,30+/m0/s1. The minimum atomic E-state index is -0.278. The summed E-state index contributed by atoms with van der Waals surface area (Å²) in [4.78, 5) is 39.8. The number of nitrogens with zero attached hydrogens (tertiary/aromatic N) is 4. The van der Waals surface area contributed by atoms with E-state index in [-0.39, 0.29) is 36.9 Å². The van der Waals surface area contributed by atoms with Crippen molar-refractivity contribution in [1.29, 1.82) is 0 Å².